The molecule has 0 N–H and O–H groups in total. The number of hydrogen-bond acceptors (Lipinski definition) is 4. The Kier molecular flexibility index (Phi) is 4.09. The van der Waals surface area contributed by atoms with Gasteiger partial charge in [0.05, 0.1) is 24.1 Å². The number of methoxy groups -OCH3 is 1. The van der Waals surface area contributed by atoms with Crippen LogP contribution in [0.5, 0.6) is 5.75 Å². The second-order valence-corrected chi connectivity index (χ2v) is 7.15. The predicted octanol–water partition coefficient (Wildman–Crippen LogP) is 3.96. The van der Waals surface area contributed by atoms with Crippen LogP contribution in [0.4, 0.5) is 5.69 Å². The van der Waals surface area contributed by atoms with Crippen molar-refractivity contribution in [2.75, 3.05) is 25.1 Å². The van der Waals surface area contributed by atoms with Gasteiger partial charge in [-0.1, -0.05) is 6.92 Å². The van der Waals surface area contributed by atoms with Crippen LogP contribution < -0.4 is 9.64 Å². The highest BCUT2D eigenvalue weighted by molar-refractivity contribution is 5.79. The molecule has 0 saturated carbocycles. The number of piperidine rings is 1. The molecule has 25 heavy (non-hydrogen) atoms. The molecule has 0 bridgehead atoms. The molecule has 1 aromatic carbocycles. The van der Waals surface area contributed by atoms with E-state index in [1.165, 1.54) is 29.5 Å². The number of benzene rings is 1. The van der Waals surface area contributed by atoms with Crippen molar-refractivity contribution < 1.29 is 4.74 Å². The van der Waals surface area contributed by atoms with Crippen LogP contribution in [0.2, 0.25) is 0 Å². The van der Waals surface area contributed by atoms with Crippen LogP contribution in [0, 0.1) is 17.2 Å². The summed E-state index contributed by atoms with van der Waals surface area (Å²) in [4.78, 5) is 7.08. The number of anilines is 1. The van der Waals surface area contributed by atoms with Gasteiger partial charge in [-0.25, -0.2) is 0 Å². The molecule has 1 fully saturated rings. The summed E-state index contributed by atoms with van der Waals surface area (Å²) in [5, 5.41) is 9.63. The largest absolute Gasteiger partial charge is 0.497 e. The monoisotopic (exact) mass is 333 g/mol. The van der Waals surface area contributed by atoms with Crippen molar-refractivity contribution >= 4 is 5.69 Å². The van der Waals surface area contributed by atoms with E-state index in [2.05, 4.69) is 35.0 Å². The smallest absolute Gasteiger partial charge is 0.119 e. The van der Waals surface area contributed by atoms with Crippen LogP contribution in [0.1, 0.15) is 36.5 Å². The van der Waals surface area contributed by atoms with Crippen LogP contribution in [-0.4, -0.2) is 25.2 Å². The molecule has 0 radical (unpaired) electrons. The molecule has 0 unspecified atom stereocenters. The summed E-state index contributed by atoms with van der Waals surface area (Å²) in [6.45, 7) is 4.37. The standard InChI is InChI=1S/C21H23N3O/c1-14-7-9-24(10-8-14)21-16(12-22)13-23-20-18-6-4-17(25-2)11-15(18)3-5-19(20)21/h4,6,11,13-14H,3,5,7-10H2,1-2H3. The maximum absolute atomic E-state index is 9.63. The first-order valence-electron chi connectivity index (χ1n) is 9.05. The van der Waals surface area contributed by atoms with Gasteiger partial charge < -0.3 is 9.64 Å². The van der Waals surface area contributed by atoms with Crippen molar-refractivity contribution in [1.82, 2.24) is 4.98 Å². The highest BCUT2D eigenvalue weighted by Gasteiger charge is 2.27. The molecule has 1 aromatic heterocycles. The summed E-state index contributed by atoms with van der Waals surface area (Å²) in [7, 11) is 1.70. The molecule has 0 atom stereocenters. The second-order valence-electron chi connectivity index (χ2n) is 7.15. The fraction of sp³-hybridized carbons (Fsp3) is 0.429. The Labute approximate surface area is 149 Å². The van der Waals surface area contributed by atoms with Crippen LogP contribution in [0.15, 0.2) is 24.4 Å². The maximum atomic E-state index is 9.63. The number of ether oxygens (including phenoxy) is 1. The second kappa shape index (κ2) is 6.40. The molecule has 4 rings (SSSR count). The van der Waals surface area contributed by atoms with E-state index in [0.29, 0.717) is 5.56 Å². The van der Waals surface area contributed by atoms with Gasteiger partial charge in [-0.2, -0.15) is 5.26 Å². The molecular formula is C21H23N3O. The fourth-order valence-corrected chi connectivity index (χ4v) is 4.08. The number of hydrogen-bond donors (Lipinski definition) is 0. The third-order valence-corrected chi connectivity index (χ3v) is 5.58. The average molecular weight is 333 g/mol. The lowest BCUT2D eigenvalue weighted by atomic mass is 9.86. The van der Waals surface area contributed by atoms with E-state index in [-0.39, 0.29) is 0 Å². The molecule has 4 nitrogen and oxygen atoms in total. The number of fused-ring (bicyclic) bond motifs is 3. The zero-order valence-electron chi connectivity index (χ0n) is 14.9. The SMILES string of the molecule is COc1ccc2c(c1)CCc1c-2ncc(C#N)c1N1CCC(C)CC1. The molecule has 1 aliphatic heterocycles. The summed E-state index contributed by atoms with van der Waals surface area (Å²) in [6, 6.07) is 8.58. The van der Waals surface area contributed by atoms with Crippen molar-refractivity contribution in [1.29, 1.82) is 5.26 Å². The fourth-order valence-electron chi connectivity index (χ4n) is 4.08. The van der Waals surface area contributed by atoms with Gasteiger partial charge >= 0.3 is 0 Å². The van der Waals surface area contributed by atoms with E-state index in [9.17, 15) is 5.26 Å². The Hall–Kier alpha value is -2.54. The molecule has 2 aromatic rings. The molecule has 4 heteroatoms. The number of aromatic nitrogens is 1. The van der Waals surface area contributed by atoms with E-state index in [1.807, 2.05) is 6.07 Å². The maximum Gasteiger partial charge on any atom is 0.119 e. The first-order valence-corrected chi connectivity index (χ1v) is 9.05. The van der Waals surface area contributed by atoms with E-state index in [4.69, 9.17) is 4.74 Å². The van der Waals surface area contributed by atoms with E-state index < -0.39 is 0 Å². The molecule has 1 saturated heterocycles. The normalized spacial score (nSPS) is 16.8. The van der Waals surface area contributed by atoms with Crippen molar-refractivity contribution in [3.63, 3.8) is 0 Å². The summed E-state index contributed by atoms with van der Waals surface area (Å²) in [5.74, 6) is 1.66. The van der Waals surface area contributed by atoms with Crippen molar-refractivity contribution in [3.8, 4) is 23.1 Å². The minimum absolute atomic E-state index is 0.713. The number of pyridine rings is 1. The third kappa shape index (κ3) is 2.74. The van der Waals surface area contributed by atoms with Crippen molar-refractivity contribution in [2.45, 2.75) is 32.6 Å². The summed E-state index contributed by atoms with van der Waals surface area (Å²) in [5.41, 5.74) is 6.58. The molecule has 0 amide bonds. The lowest BCUT2D eigenvalue weighted by Gasteiger charge is -2.35. The Balaban J connectivity index is 1.82. The van der Waals surface area contributed by atoms with E-state index in [1.54, 1.807) is 13.3 Å². The van der Waals surface area contributed by atoms with Gasteiger partial charge in [0.15, 0.2) is 0 Å². The third-order valence-electron chi connectivity index (χ3n) is 5.58. The van der Waals surface area contributed by atoms with Gasteiger partial charge in [0.25, 0.3) is 0 Å². The van der Waals surface area contributed by atoms with Crippen LogP contribution >= 0.6 is 0 Å². The van der Waals surface area contributed by atoms with Crippen LogP contribution in [-0.2, 0) is 12.8 Å². The number of rotatable bonds is 2. The Morgan fingerprint density at radius 1 is 1.24 bits per heavy atom. The highest BCUT2D eigenvalue weighted by atomic mass is 16.5. The molecule has 128 valence electrons. The van der Waals surface area contributed by atoms with Gasteiger partial charge in [0.2, 0.25) is 0 Å². The zero-order valence-corrected chi connectivity index (χ0v) is 14.9. The molecular weight excluding hydrogens is 310 g/mol. The number of nitriles is 1. The average Bonchev–Trinajstić information content (AvgIpc) is 2.67. The Bertz CT molecular complexity index is 845. The quantitative estimate of drug-likeness (QED) is 0.834. The zero-order chi connectivity index (χ0) is 17.4. The first kappa shape index (κ1) is 16.0. The Morgan fingerprint density at radius 2 is 2.04 bits per heavy atom. The van der Waals surface area contributed by atoms with E-state index in [0.717, 1.165) is 49.0 Å². The lowest BCUT2D eigenvalue weighted by molar-refractivity contribution is 0.414. The van der Waals surface area contributed by atoms with Gasteiger partial charge in [-0.3, -0.25) is 4.98 Å². The number of aryl methyl sites for hydroxylation is 1. The summed E-state index contributed by atoms with van der Waals surface area (Å²) < 4.78 is 5.36. The highest BCUT2D eigenvalue weighted by Crippen LogP contribution is 2.40. The predicted molar refractivity (Wildman–Crippen MR) is 99.0 cm³/mol. The molecule has 0 spiro atoms. The van der Waals surface area contributed by atoms with Crippen LogP contribution in [0.25, 0.3) is 11.3 Å². The minimum Gasteiger partial charge on any atom is -0.497 e. The first-order chi connectivity index (χ1) is 12.2. The van der Waals surface area contributed by atoms with Crippen molar-refractivity contribution in [2.24, 2.45) is 5.92 Å². The van der Waals surface area contributed by atoms with E-state index >= 15 is 0 Å². The summed E-state index contributed by atoms with van der Waals surface area (Å²) in [6.07, 6.45) is 6.03. The van der Waals surface area contributed by atoms with Gasteiger partial charge in [0.1, 0.15) is 11.8 Å². The van der Waals surface area contributed by atoms with Crippen molar-refractivity contribution in [3.05, 3.63) is 41.1 Å². The van der Waals surface area contributed by atoms with Gasteiger partial charge in [0, 0.05) is 30.4 Å². The number of nitrogens with zero attached hydrogens (tertiary/aromatic N) is 3. The van der Waals surface area contributed by atoms with Crippen LogP contribution in [0.3, 0.4) is 0 Å². The van der Waals surface area contributed by atoms with Gasteiger partial charge in [-0.15, -0.1) is 0 Å². The molecule has 2 aliphatic rings. The van der Waals surface area contributed by atoms with Gasteiger partial charge in [-0.05, 0) is 55.4 Å². The summed E-state index contributed by atoms with van der Waals surface area (Å²) >= 11 is 0. The lowest BCUT2D eigenvalue weighted by Crippen LogP contribution is -2.34. The molecule has 1 aliphatic carbocycles. The minimum atomic E-state index is 0.713. The topological polar surface area (TPSA) is 49.1 Å². The Morgan fingerprint density at radius 3 is 2.76 bits per heavy atom. The molecule has 2 heterocycles.